The molecule has 0 saturated heterocycles. The second-order valence-corrected chi connectivity index (χ2v) is 2.97. The molecular weight excluding hydrogens is 208 g/mol. The van der Waals surface area contributed by atoms with Crippen molar-refractivity contribution < 1.29 is 0 Å². The molecule has 0 radical (unpaired) electrons. The molecule has 2 rings (SSSR count). The standard InChI is InChI=1S/C6H5BrN4/c7-3-1-9-6(8)5-4(3)10-2-11-5/h1-2H,(H2,8,9)(H,10,11). The largest absolute Gasteiger partial charge is 0.382 e. The Balaban J connectivity index is 2.96. The summed E-state index contributed by atoms with van der Waals surface area (Å²) >= 11 is 3.31. The fraction of sp³-hybridized carbons (Fsp3) is 0. The lowest BCUT2D eigenvalue weighted by molar-refractivity contribution is 1.33. The first kappa shape index (κ1) is 6.60. The number of hydrogen-bond donors (Lipinski definition) is 2. The maximum absolute atomic E-state index is 5.57. The lowest BCUT2D eigenvalue weighted by Crippen LogP contribution is -1.90. The summed E-state index contributed by atoms with van der Waals surface area (Å²) in [5.74, 6) is 0.473. The van der Waals surface area contributed by atoms with E-state index >= 15 is 0 Å². The van der Waals surface area contributed by atoms with Gasteiger partial charge in [0.15, 0.2) is 0 Å². The first-order chi connectivity index (χ1) is 5.29. The smallest absolute Gasteiger partial charge is 0.149 e. The number of hydrogen-bond acceptors (Lipinski definition) is 3. The molecule has 0 saturated carbocycles. The van der Waals surface area contributed by atoms with Crippen LogP contribution in [0.4, 0.5) is 5.82 Å². The maximum atomic E-state index is 5.57. The van der Waals surface area contributed by atoms with Crippen LogP contribution in [0.3, 0.4) is 0 Å². The average molecular weight is 213 g/mol. The molecule has 0 aliphatic heterocycles. The number of aromatic nitrogens is 3. The molecule has 0 atom stereocenters. The molecule has 4 nitrogen and oxygen atoms in total. The second-order valence-electron chi connectivity index (χ2n) is 2.12. The summed E-state index contributed by atoms with van der Waals surface area (Å²) in [6.45, 7) is 0. The third-order valence-corrected chi connectivity index (χ3v) is 2.02. The Morgan fingerprint density at radius 1 is 1.45 bits per heavy atom. The van der Waals surface area contributed by atoms with Gasteiger partial charge in [-0.05, 0) is 15.9 Å². The van der Waals surface area contributed by atoms with Gasteiger partial charge in [0.2, 0.25) is 0 Å². The second kappa shape index (κ2) is 2.20. The Kier molecular flexibility index (Phi) is 1.32. The zero-order valence-electron chi connectivity index (χ0n) is 5.50. The van der Waals surface area contributed by atoms with Crippen LogP contribution in [0, 0.1) is 0 Å². The monoisotopic (exact) mass is 212 g/mol. The van der Waals surface area contributed by atoms with E-state index in [0.717, 1.165) is 15.5 Å². The van der Waals surface area contributed by atoms with Crippen molar-refractivity contribution in [3.63, 3.8) is 0 Å². The van der Waals surface area contributed by atoms with Gasteiger partial charge in [0.1, 0.15) is 16.9 Å². The molecule has 2 aromatic rings. The van der Waals surface area contributed by atoms with Crippen molar-refractivity contribution in [2.75, 3.05) is 5.73 Å². The number of halogens is 1. The van der Waals surface area contributed by atoms with E-state index in [1.54, 1.807) is 12.5 Å². The highest BCUT2D eigenvalue weighted by molar-refractivity contribution is 9.10. The first-order valence-electron chi connectivity index (χ1n) is 3.02. The van der Waals surface area contributed by atoms with E-state index in [1.165, 1.54) is 0 Å². The zero-order chi connectivity index (χ0) is 7.84. The summed E-state index contributed by atoms with van der Waals surface area (Å²) in [7, 11) is 0. The van der Waals surface area contributed by atoms with Crippen LogP contribution >= 0.6 is 15.9 Å². The van der Waals surface area contributed by atoms with Crippen molar-refractivity contribution in [1.82, 2.24) is 15.0 Å². The molecule has 0 aliphatic rings. The van der Waals surface area contributed by atoms with Crippen molar-refractivity contribution in [3.8, 4) is 0 Å². The van der Waals surface area contributed by atoms with Gasteiger partial charge in [-0.2, -0.15) is 0 Å². The van der Waals surface area contributed by atoms with Crippen LogP contribution in [0.25, 0.3) is 11.0 Å². The van der Waals surface area contributed by atoms with Gasteiger partial charge in [-0.15, -0.1) is 0 Å². The molecule has 56 valence electrons. The van der Waals surface area contributed by atoms with Crippen molar-refractivity contribution >= 4 is 32.8 Å². The third-order valence-electron chi connectivity index (χ3n) is 1.44. The summed E-state index contributed by atoms with van der Waals surface area (Å²) in [6.07, 6.45) is 3.23. The van der Waals surface area contributed by atoms with E-state index in [0.29, 0.717) is 5.82 Å². The van der Waals surface area contributed by atoms with Gasteiger partial charge in [0.25, 0.3) is 0 Å². The summed E-state index contributed by atoms with van der Waals surface area (Å²) in [5.41, 5.74) is 7.16. The molecule has 0 fully saturated rings. The number of anilines is 1. The number of H-pyrrole nitrogens is 1. The minimum Gasteiger partial charge on any atom is -0.382 e. The predicted molar refractivity (Wildman–Crippen MR) is 46.0 cm³/mol. The normalized spacial score (nSPS) is 10.6. The quantitative estimate of drug-likeness (QED) is 0.692. The summed E-state index contributed by atoms with van der Waals surface area (Å²) in [4.78, 5) is 10.9. The Bertz CT molecular complexity index is 358. The molecule has 0 bridgehead atoms. The van der Waals surface area contributed by atoms with E-state index in [4.69, 9.17) is 5.73 Å². The topological polar surface area (TPSA) is 67.6 Å². The molecule has 0 unspecified atom stereocenters. The predicted octanol–water partition coefficient (Wildman–Crippen LogP) is 1.30. The summed E-state index contributed by atoms with van der Waals surface area (Å²) < 4.78 is 0.850. The summed E-state index contributed by atoms with van der Waals surface area (Å²) in [5, 5.41) is 0. The van der Waals surface area contributed by atoms with Gasteiger partial charge in [0, 0.05) is 6.20 Å². The van der Waals surface area contributed by atoms with E-state index < -0.39 is 0 Å². The molecule has 3 N–H and O–H groups in total. The molecular formula is C6H5BrN4. The van der Waals surface area contributed by atoms with Crippen LogP contribution in [0.1, 0.15) is 0 Å². The summed E-state index contributed by atoms with van der Waals surface area (Å²) in [6, 6.07) is 0. The lowest BCUT2D eigenvalue weighted by Gasteiger charge is -1.94. The molecule has 2 heterocycles. The number of fused-ring (bicyclic) bond motifs is 1. The molecule has 11 heavy (non-hydrogen) atoms. The molecule has 0 spiro atoms. The van der Waals surface area contributed by atoms with Crippen LogP contribution in [0.2, 0.25) is 0 Å². The zero-order valence-corrected chi connectivity index (χ0v) is 7.09. The number of rotatable bonds is 0. The van der Waals surface area contributed by atoms with Gasteiger partial charge < -0.3 is 10.7 Å². The SMILES string of the molecule is Nc1ncc(Br)c2nc[nH]c12. The third kappa shape index (κ3) is 0.883. The number of aromatic amines is 1. The van der Waals surface area contributed by atoms with Crippen molar-refractivity contribution in [3.05, 3.63) is 17.0 Å². The molecule has 2 aromatic heterocycles. The maximum Gasteiger partial charge on any atom is 0.149 e. The van der Waals surface area contributed by atoms with Crippen molar-refractivity contribution in [1.29, 1.82) is 0 Å². The van der Waals surface area contributed by atoms with Gasteiger partial charge in [0.05, 0.1) is 10.8 Å². The molecule has 0 aromatic carbocycles. The Morgan fingerprint density at radius 2 is 2.27 bits per heavy atom. The van der Waals surface area contributed by atoms with E-state index in [1.807, 2.05) is 0 Å². The minimum absolute atomic E-state index is 0.473. The first-order valence-corrected chi connectivity index (χ1v) is 3.81. The van der Waals surface area contributed by atoms with Crippen LogP contribution < -0.4 is 5.73 Å². The van der Waals surface area contributed by atoms with E-state index in [9.17, 15) is 0 Å². The Hall–Kier alpha value is -1.10. The van der Waals surface area contributed by atoms with Gasteiger partial charge in [-0.25, -0.2) is 9.97 Å². The number of imidazole rings is 1. The molecule has 0 aliphatic carbocycles. The minimum atomic E-state index is 0.473. The molecule has 0 amide bonds. The number of nitrogens with zero attached hydrogens (tertiary/aromatic N) is 2. The number of nitrogens with one attached hydrogen (secondary N) is 1. The number of nitrogens with two attached hydrogens (primary N) is 1. The van der Waals surface area contributed by atoms with Crippen molar-refractivity contribution in [2.45, 2.75) is 0 Å². The molecule has 5 heteroatoms. The van der Waals surface area contributed by atoms with Crippen LogP contribution in [0.5, 0.6) is 0 Å². The lowest BCUT2D eigenvalue weighted by atomic mass is 10.4. The van der Waals surface area contributed by atoms with E-state index in [2.05, 4.69) is 30.9 Å². The Labute approximate surface area is 71.0 Å². The van der Waals surface area contributed by atoms with E-state index in [-0.39, 0.29) is 0 Å². The highest BCUT2D eigenvalue weighted by Gasteiger charge is 2.03. The van der Waals surface area contributed by atoms with Crippen LogP contribution in [-0.4, -0.2) is 15.0 Å². The fourth-order valence-electron chi connectivity index (χ4n) is 0.923. The van der Waals surface area contributed by atoms with Crippen LogP contribution in [0.15, 0.2) is 17.0 Å². The average Bonchev–Trinajstić information content (AvgIpc) is 2.45. The highest BCUT2D eigenvalue weighted by Crippen LogP contribution is 2.22. The van der Waals surface area contributed by atoms with Gasteiger partial charge in [-0.3, -0.25) is 0 Å². The van der Waals surface area contributed by atoms with Crippen molar-refractivity contribution in [2.24, 2.45) is 0 Å². The van der Waals surface area contributed by atoms with Crippen LogP contribution in [-0.2, 0) is 0 Å². The van der Waals surface area contributed by atoms with Gasteiger partial charge >= 0.3 is 0 Å². The fourth-order valence-corrected chi connectivity index (χ4v) is 1.33. The highest BCUT2D eigenvalue weighted by atomic mass is 79.9. The number of pyridine rings is 1. The number of nitrogen functional groups attached to an aromatic ring is 1. The van der Waals surface area contributed by atoms with Gasteiger partial charge in [-0.1, -0.05) is 0 Å². The Morgan fingerprint density at radius 3 is 3.00 bits per heavy atom.